The van der Waals surface area contributed by atoms with Crippen LogP contribution in [-0.4, -0.2) is 90.6 Å². The molecule has 0 aromatic rings. The standard InChI is InChI=1S/C20H35N3O5/c1-2-8-21-20(26)23-12-15(24)13-27-14-18-17(23)7-6-16(28-18)11-19(25)22-9-4-3-5-10-22/h15-18,24H,2-14H2,1H3,(H,21,26)/t15-,16+,17+,18-/m1/s1. The van der Waals surface area contributed by atoms with Gasteiger partial charge in [-0.25, -0.2) is 4.79 Å². The number of carbonyl (C=O) groups excluding carboxylic acids is 2. The number of hydrogen-bond donors (Lipinski definition) is 2. The van der Waals surface area contributed by atoms with Gasteiger partial charge in [0.15, 0.2) is 0 Å². The summed E-state index contributed by atoms with van der Waals surface area (Å²) in [5.41, 5.74) is 0. The second kappa shape index (κ2) is 10.4. The van der Waals surface area contributed by atoms with E-state index in [9.17, 15) is 14.7 Å². The molecule has 3 heterocycles. The summed E-state index contributed by atoms with van der Waals surface area (Å²) >= 11 is 0. The van der Waals surface area contributed by atoms with Crippen molar-refractivity contribution in [2.45, 2.75) is 76.2 Å². The van der Waals surface area contributed by atoms with E-state index in [2.05, 4.69) is 5.32 Å². The lowest BCUT2D eigenvalue weighted by Gasteiger charge is -2.44. The Morgan fingerprint density at radius 3 is 2.68 bits per heavy atom. The fourth-order valence-electron chi connectivity index (χ4n) is 4.38. The van der Waals surface area contributed by atoms with Gasteiger partial charge in [-0.1, -0.05) is 6.92 Å². The van der Waals surface area contributed by atoms with Gasteiger partial charge in [0.05, 0.1) is 44.4 Å². The minimum Gasteiger partial charge on any atom is -0.389 e. The Bertz CT molecular complexity index is 526. The predicted molar refractivity (Wildman–Crippen MR) is 104 cm³/mol. The van der Waals surface area contributed by atoms with E-state index in [-0.39, 0.29) is 43.3 Å². The Morgan fingerprint density at radius 2 is 1.93 bits per heavy atom. The smallest absolute Gasteiger partial charge is 0.317 e. The number of amides is 3. The van der Waals surface area contributed by atoms with Gasteiger partial charge in [0, 0.05) is 19.6 Å². The van der Waals surface area contributed by atoms with Crippen molar-refractivity contribution < 1.29 is 24.2 Å². The van der Waals surface area contributed by atoms with Crippen LogP contribution in [-0.2, 0) is 14.3 Å². The van der Waals surface area contributed by atoms with E-state index in [0.717, 1.165) is 45.2 Å². The van der Waals surface area contributed by atoms with Crippen LogP contribution < -0.4 is 5.32 Å². The van der Waals surface area contributed by atoms with E-state index in [0.29, 0.717) is 19.6 Å². The number of β-amino-alcohol motifs (C(OH)–C–C–N with tert-alkyl or cyclic N) is 1. The average Bonchev–Trinajstić information content (AvgIpc) is 2.70. The lowest BCUT2D eigenvalue weighted by atomic mass is 9.94. The molecule has 3 fully saturated rings. The molecule has 4 atom stereocenters. The van der Waals surface area contributed by atoms with Crippen LogP contribution in [0.15, 0.2) is 0 Å². The third kappa shape index (κ3) is 5.58. The molecule has 3 aliphatic rings. The molecule has 28 heavy (non-hydrogen) atoms. The molecule has 3 aliphatic heterocycles. The van der Waals surface area contributed by atoms with Crippen LogP contribution in [0.3, 0.4) is 0 Å². The average molecular weight is 398 g/mol. The first kappa shape index (κ1) is 21.3. The first-order valence-corrected chi connectivity index (χ1v) is 10.8. The number of urea groups is 1. The van der Waals surface area contributed by atoms with Crippen molar-refractivity contribution in [3.63, 3.8) is 0 Å². The minimum absolute atomic E-state index is 0.135. The van der Waals surface area contributed by atoms with Crippen molar-refractivity contribution in [3.8, 4) is 0 Å². The monoisotopic (exact) mass is 397 g/mol. The molecule has 0 aromatic carbocycles. The van der Waals surface area contributed by atoms with E-state index in [1.165, 1.54) is 6.42 Å². The van der Waals surface area contributed by atoms with Crippen molar-refractivity contribution in [1.29, 1.82) is 0 Å². The van der Waals surface area contributed by atoms with Gasteiger partial charge in [0.25, 0.3) is 0 Å². The number of carbonyl (C=O) groups is 2. The van der Waals surface area contributed by atoms with E-state index < -0.39 is 6.10 Å². The third-order valence-corrected chi connectivity index (χ3v) is 5.88. The molecule has 3 amide bonds. The molecule has 0 unspecified atom stereocenters. The number of ether oxygens (including phenoxy) is 2. The highest BCUT2D eigenvalue weighted by Gasteiger charge is 2.40. The van der Waals surface area contributed by atoms with Crippen molar-refractivity contribution >= 4 is 11.9 Å². The van der Waals surface area contributed by atoms with Crippen LogP contribution in [0.25, 0.3) is 0 Å². The first-order chi connectivity index (χ1) is 13.6. The molecule has 0 bridgehead atoms. The van der Waals surface area contributed by atoms with E-state index >= 15 is 0 Å². The highest BCUT2D eigenvalue weighted by molar-refractivity contribution is 5.77. The molecule has 0 aliphatic carbocycles. The zero-order chi connectivity index (χ0) is 19.9. The summed E-state index contributed by atoms with van der Waals surface area (Å²) in [5.74, 6) is 0.169. The van der Waals surface area contributed by atoms with Crippen molar-refractivity contribution in [1.82, 2.24) is 15.1 Å². The summed E-state index contributed by atoms with van der Waals surface area (Å²) in [7, 11) is 0. The molecular formula is C20H35N3O5. The fraction of sp³-hybridized carbons (Fsp3) is 0.900. The molecule has 0 radical (unpaired) electrons. The molecule has 0 aromatic heterocycles. The van der Waals surface area contributed by atoms with Gasteiger partial charge in [-0.05, 0) is 38.5 Å². The van der Waals surface area contributed by atoms with Crippen molar-refractivity contribution in [2.75, 3.05) is 39.4 Å². The van der Waals surface area contributed by atoms with Gasteiger partial charge >= 0.3 is 6.03 Å². The Morgan fingerprint density at radius 1 is 1.14 bits per heavy atom. The lowest BCUT2D eigenvalue weighted by Crippen LogP contribution is -2.59. The number of likely N-dealkylation sites (tertiary alicyclic amines) is 1. The minimum atomic E-state index is -0.702. The highest BCUT2D eigenvalue weighted by Crippen LogP contribution is 2.28. The van der Waals surface area contributed by atoms with E-state index in [4.69, 9.17) is 9.47 Å². The summed E-state index contributed by atoms with van der Waals surface area (Å²) in [4.78, 5) is 28.9. The SMILES string of the molecule is CCCNC(=O)N1C[C@@H](O)COC[C@H]2O[C@H](CC(=O)N3CCCCC3)CC[C@@H]21. The molecule has 3 rings (SSSR count). The summed E-state index contributed by atoms with van der Waals surface area (Å²) < 4.78 is 11.8. The van der Waals surface area contributed by atoms with Gasteiger partial charge in [-0.3, -0.25) is 4.79 Å². The second-order valence-corrected chi connectivity index (χ2v) is 8.16. The Labute approximate surface area is 167 Å². The van der Waals surface area contributed by atoms with Crippen LogP contribution in [0, 0.1) is 0 Å². The molecule has 0 spiro atoms. The molecule has 3 saturated heterocycles. The molecule has 8 nitrogen and oxygen atoms in total. The van der Waals surface area contributed by atoms with Gasteiger partial charge in [-0.2, -0.15) is 0 Å². The first-order valence-electron chi connectivity index (χ1n) is 10.8. The maximum absolute atomic E-state index is 12.6. The Kier molecular flexibility index (Phi) is 7.93. The fourth-order valence-corrected chi connectivity index (χ4v) is 4.38. The van der Waals surface area contributed by atoms with Crippen LogP contribution in [0.4, 0.5) is 4.79 Å². The highest BCUT2D eigenvalue weighted by atomic mass is 16.5. The van der Waals surface area contributed by atoms with Crippen LogP contribution >= 0.6 is 0 Å². The molecular weight excluding hydrogens is 362 g/mol. The predicted octanol–water partition coefficient (Wildman–Crippen LogP) is 1.12. The van der Waals surface area contributed by atoms with Crippen molar-refractivity contribution in [3.05, 3.63) is 0 Å². The number of piperidine rings is 1. The van der Waals surface area contributed by atoms with E-state index in [1.807, 2.05) is 11.8 Å². The number of nitrogens with zero attached hydrogens (tertiary/aromatic N) is 2. The summed E-state index contributed by atoms with van der Waals surface area (Å²) in [5, 5.41) is 13.0. The summed E-state index contributed by atoms with van der Waals surface area (Å²) in [6.07, 6.45) is 4.99. The van der Waals surface area contributed by atoms with Gasteiger partial charge in [0.1, 0.15) is 6.10 Å². The Balaban J connectivity index is 1.60. The zero-order valence-electron chi connectivity index (χ0n) is 17.0. The van der Waals surface area contributed by atoms with Gasteiger partial charge < -0.3 is 29.7 Å². The molecule has 8 heteroatoms. The number of rotatable bonds is 4. The van der Waals surface area contributed by atoms with Crippen LogP contribution in [0.5, 0.6) is 0 Å². The Hall–Kier alpha value is -1.38. The lowest BCUT2D eigenvalue weighted by molar-refractivity contribution is -0.155. The number of aliphatic hydroxyl groups is 1. The normalized spacial score (nSPS) is 31.5. The van der Waals surface area contributed by atoms with Crippen LogP contribution in [0.2, 0.25) is 0 Å². The molecule has 0 saturated carbocycles. The topological polar surface area (TPSA) is 91.3 Å². The summed E-state index contributed by atoms with van der Waals surface area (Å²) in [6, 6.07) is -0.308. The quantitative estimate of drug-likeness (QED) is 0.742. The third-order valence-electron chi connectivity index (χ3n) is 5.88. The molecule has 2 N–H and O–H groups in total. The zero-order valence-corrected chi connectivity index (χ0v) is 17.0. The number of aliphatic hydroxyl groups excluding tert-OH is 1. The summed E-state index contributed by atoms with van der Waals surface area (Å²) in [6.45, 7) is 5.06. The number of hydrogen-bond acceptors (Lipinski definition) is 5. The van der Waals surface area contributed by atoms with Gasteiger partial charge in [0.2, 0.25) is 5.91 Å². The maximum Gasteiger partial charge on any atom is 0.317 e. The second-order valence-electron chi connectivity index (χ2n) is 8.16. The largest absolute Gasteiger partial charge is 0.389 e. The van der Waals surface area contributed by atoms with Crippen LogP contribution in [0.1, 0.15) is 51.9 Å². The van der Waals surface area contributed by atoms with Gasteiger partial charge in [-0.15, -0.1) is 0 Å². The van der Waals surface area contributed by atoms with E-state index in [1.54, 1.807) is 4.90 Å². The number of nitrogens with one attached hydrogen (secondary N) is 1. The molecule has 160 valence electrons. The number of fused-ring (bicyclic) bond motifs is 1. The van der Waals surface area contributed by atoms with Crippen molar-refractivity contribution in [2.24, 2.45) is 0 Å². The maximum atomic E-state index is 12.6.